The van der Waals surface area contributed by atoms with Gasteiger partial charge in [-0.15, -0.1) is 0 Å². The van der Waals surface area contributed by atoms with Crippen molar-refractivity contribution in [1.82, 2.24) is 10.6 Å². The lowest BCUT2D eigenvalue weighted by Crippen LogP contribution is -2.26. The summed E-state index contributed by atoms with van der Waals surface area (Å²) in [5.41, 5.74) is 0. The molecule has 0 aromatic heterocycles. The van der Waals surface area contributed by atoms with Crippen LogP contribution in [0.2, 0.25) is 0 Å². The average Bonchev–Trinajstić information content (AvgIpc) is 2.98. The van der Waals surface area contributed by atoms with Crippen LogP contribution in [0.25, 0.3) is 0 Å². The molecule has 15 heavy (non-hydrogen) atoms. The molecule has 1 atom stereocenters. The zero-order valence-corrected chi connectivity index (χ0v) is 10.7. The fourth-order valence-electron chi connectivity index (χ4n) is 1.93. The zero-order chi connectivity index (χ0) is 11.1. The maximum atomic E-state index is 3.57. The normalized spacial score (nSPS) is 18.4. The van der Waals surface area contributed by atoms with Gasteiger partial charge >= 0.3 is 0 Å². The summed E-state index contributed by atoms with van der Waals surface area (Å²) < 4.78 is 0. The second kappa shape index (κ2) is 7.24. The standard InChI is InChI=1S/C13H28N2/c1-11(2)15-9-5-4-8-14-10-12(3)13-6-7-13/h11-15H,4-10H2,1-3H3. The highest BCUT2D eigenvalue weighted by atomic mass is 14.9. The second-order valence-electron chi connectivity index (χ2n) is 5.33. The Morgan fingerprint density at radius 3 is 2.33 bits per heavy atom. The maximum Gasteiger partial charge on any atom is 0.00103 e. The monoisotopic (exact) mass is 212 g/mol. The zero-order valence-electron chi connectivity index (χ0n) is 10.7. The molecule has 1 rings (SSSR count). The van der Waals surface area contributed by atoms with Gasteiger partial charge in [-0.2, -0.15) is 0 Å². The fourth-order valence-corrected chi connectivity index (χ4v) is 1.93. The highest BCUT2D eigenvalue weighted by Crippen LogP contribution is 2.35. The van der Waals surface area contributed by atoms with Gasteiger partial charge in [0.05, 0.1) is 0 Å². The Hall–Kier alpha value is -0.0800. The summed E-state index contributed by atoms with van der Waals surface area (Å²) in [4.78, 5) is 0. The van der Waals surface area contributed by atoms with E-state index in [0.717, 1.165) is 18.4 Å². The van der Waals surface area contributed by atoms with E-state index in [1.807, 2.05) is 0 Å². The summed E-state index contributed by atoms with van der Waals surface area (Å²) in [5, 5.41) is 7.01. The summed E-state index contributed by atoms with van der Waals surface area (Å²) in [6.07, 6.45) is 5.54. The third kappa shape index (κ3) is 6.91. The molecule has 1 saturated carbocycles. The summed E-state index contributed by atoms with van der Waals surface area (Å²) in [6.45, 7) is 10.4. The van der Waals surface area contributed by atoms with Crippen LogP contribution in [-0.4, -0.2) is 25.7 Å². The predicted octanol–water partition coefficient (Wildman–Crippen LogP) is 2.40. The maximum absolute atomic E-state index is 3.57. The number of rotatable bonds is 9. The molecule has 1 unspecified atom stereocenters. The van der Waals surface area contributed by atoms with Crippen LogP contribution >= 0.6 is 0 Å². The van der Waals surface area contributed by atoms with E-state index in [4.69, 9.17) is 0 Å². The predicted molar refractivity (Wildman–Crippen MR) is 67.1 cm³/mol. The van der Waals surface area contributed by atoms with Crippen molar-refractivity contribution < 1.29 is 0 Å². The van der Waals surface area contributed by atoms with Crippen molar-refractivity contribution in [2.24, 2.45) is 11.8 Å². The van der Waals surface area contributed by atoms with Crippen molar-refractivity contribution in [3.8, 4) is 0 Å². The number of unbranched alkanes of at least 4 members (excludes halogenated alkanes) is 1. The van der Waals surface area contributed by atoms with Crippen LogP contribution in [-0.2, 0) is 0 Å². The molecule has 1 fully saturated rings. The summed E-state index contributed by atoms with van der Waals surface area (Å²) in [5.74, 6) is 1.94. The quantitative estimate of drug-likeness (QED) is 0.574. The minimum absolute atomic E-state index is 0.632. The minimum atomic E-state index is 0.632. The minimum Gasteiger partial charge on any atom is -0.316 e. The van der Waals surface area contributed by atoms with E-state index in [0.29, 0.717) is 6.04 Å². The van der Waals surface area contributed by atoms with Crippen LogP contribution in [0.4, 0.5) is 0 Å². The third-order valence-electron chi connectivity index (χ3n) is 3.23. The van der Waals surface area contributed by atoms with Crippen LogP contribution in [0.3, 0.4) is 0 Å². The Bertz CT molecular complexity index is 153. The molecule has 0 radical (unpaired) electrons. The molecule has 0 bridgehead atoms. The van der Waals surface area contributed by atoms with Gasteiger partial charge < -0.3 is 10.6 Å². The summed E-state index contributed by atoms with van der Waals surface area (Å²) >= 11 is 0. The first-order valence-electron chi connectivity index (χ1n) is 6.64. The van der Waals surface area contributed by atoms with Crippen molar-refractivity contribution in [2.75, 3.05) is 19.6 Å². The van der Waals surface area contributed by atoms with Crippen LogP contribution in [0.15, 0.2) is 0 Å². The van der Waals surface area contributed by atoms with E-state index in [2.05, 4.69) is 31.4 Å². The van der Waals surface area contributed by atoms with Crippen molar-refractivity contribution in [2.45, 2.75) is 52.5 Å². The Morgan fingerprint density at radius 1 is 1.07 bits per heavy atom. The topological polar surface area (TPSA) is 24.1 Å². The molecule has 0 aromatic rings. The molecule has 2 N–H and O–H groups in total. The molecule has 0 aromatic carbocycles. The molecule has 0 saturated heterocycles. The van der Waals surface area contributed by atoms with Gasteiger partial charge in [-0.05, 0) is 57.2 Å². The number of nitrogens with one attached hydrogen (secondary N) is 2. The van der Waals surface area contributed by atoms with Gasteiger partial charge in [-0.3, -0.25) is 0 Å². The molecule has 90 valence electrons. The van der Waals surface area contributed by atoms with Crippen LogP contribution < -0.4 is 10.6 Å². The van der Waals surface area contributed by atoms with Gasteiger partial charge in [0.1, 0.15) is 0 Å². The van der Waals surface area contributed by atoms with Gasteiger partial charge in [0.2, 0.25) is 0 Å². The van der Waals surface area contributed by atoms with Gasteiger partial charge in [0.25, 0.3) is 0 Å². The van der Waals surface area contributed by atoms with Gasteiger partial charge in [0.15, 0.2) is 0 Å². The molecule has 2 nitrogen and oxygen atoms in total. The largest absolute Gasteiger partial charge is 0.316 e. The molecule has 0 heterocycles. The first-order chi connectivity index (χ1) is 7.20. The first kappa shape index (κ1) is 13.0. The molecule has 2 heteroatoms. The summed E-state index contributed by atoms with van der Waals surface area (Å²) in [6, 6.07) is 0.632. The lowest BCUT2D eigenvalue weighted by molar-refractivity contribution is 0.453. The Morgan fingerprint density at radius 2 is 1.73 bits per heavy atom. The molecule has 0 amide bonds. The van der Waals surface area contributed by atoms with E-state index < -0.39 is 0 Å². The smallest absolute Gasteiger partial charge is 0.00103 e. The first-order valence-corrected chi connectivity index (χ1v) is 6.64. The van der Waals surface area contributed by atoms with E-state index in [-0.39, 0.29) is 0 Å². The van der Waals surface area contributed by atoms with Gasteiger partial charge in [-0.1, -0.05) is 20.8 Å². The van der Waals surface area contributed by atoms with Crippen molar-refractivity contribution in [3.63, 3.8) is 0 Å². The number of hydrogen-bond acceptors (Lipinski definition) is 2. The van der Waals surface area contributed by atoms with Gasteiger partial charge in [0, 0.05) is 6.04 Å². The highest BCUT2D eigenvalue weighted by molar-refractivity contribution is 4.79. The third-order valence-corrected chi connectivity index (χ3v) is 3.23. The van der Waals surface area contributed by atoms with Crippen molar-refractivity contribution in [1.29, 1.82) is 0 Å². The van der Waals surface area contributed by atoms with Crippen LogP contribution in [0.5, 0.6) is 0 Å². The van der Waals surface area contributed by atoms with Gasteiger partial charge in [-0.25, -0.2) is 0 Å². The van der Waals surface area contributed by atoms with E-state index in [1.165, 1.54) is 38.8 Å². The van der Waals surface area contributed by atoms with Crippen LogP contribution in [0, 0.1) is 11.8 Å². The molecule has 1 aliphatic rings. The number of hydrogen-bond donors (Lipinski definition) is 2. The average molecular weight is 212 g/mol. The van der Waals surface area contributed by atoms with E-state index in [1.54, 1.807) is 0 Å². The SMILES string of the molecule is CC(C)NCCCCNCC(C)C1CC1. The molecule has 0 spiro atoms. The fraction of sp³-hybridized carbons (Fsp3) is 1.00. The Kier molecular flexibility index (Phi) is 6.26. The molecular weight excluding hydrogens is 184 g/mol. The van der Waals surface area contributed by atoms with Crippen molar-refractivity contribution >= 4 is 0 Å². The van der Waals surface area contributed by atoms with E-state index >= 15 is 0 Å². The Labute approximate surface area is 95.2 Å². The van der Waals surface area contributed by atoms with E-state index in [9.17, 15) is 0 Å². The molecule has 1 aliphatic carbocycles. The molecular formula is C13H28N2. The Balaban J connectivity index is 1.76. The molecule has 0 aliphatic heterocycles. The van der Waals surface area contributed by atoms with Crippen LogP contribution in [0.1, 0.15) is 46.5 Å². The summed E-state index contributed by atoms with van der Waals surface area (Å²) in [7, 11) is 0. The lowest BCUT2D eigenvalue weighted by Gasteiger charge is -2.11. The second-order valence-corrected chi connectivity index (χ2v) is 5.33. The lowest BCUT2D eigenvalue weighted by atomic mass is 10.1. The van der Waals surface area contributed by atoms with Crippen molar-refractivity contribution in [3.05, 3.63) is 0 Å². The highest BCUT2D eigenvalue weighted by Gasteiger charge is 2.27.